The van der Waals surface area contributed by atoms with Crippen molar-refractivity contribution in [2.24, 2.45) is 5.92 Å². The Bertz CT molecular complexity index is 465. The van der Waals surface area contributed by atoms with Gasteiger partial charge in [-0.3, -0.25) is 9.69 Å². The van der Waals surface area contributed by atoms with E-state index in [0.717, 1.165) is 37.8 Å². The number of hydrogen-bond donors (Lipinski definition) is 2. The Hall–Kier alpha value is -0.650. The first-order chi connectivity index (χ1) is 8.66. The summed E-state index contributed by atoms with van der Waals surface area (Å²) in [6, 6.07) is 0. The minimum atomic E-state index is 0.0582. The molecule has 2 heterocycles. The summed E-state index contributed by atoms with van der Waals surface area (Å²) in [4.78, 5) is 16.6. The summed E-state index contributed by atoms with van der Waals surface area (Å²) in [7, 11) is 0. The summed E-state index contributed by atoms with van der Waals surface area (Å²) in [5.41, 5.74) is 1.33. The lowest BCUT2D eigenvalue weighted by Gasteiger charge is -2.33. The fourth-order valence-corrected chi connectivity index (χ4v) is 3.61. The highest BCUT2D eigenvalue weighted by molar-refractivity contribution is 7.07. The summed E-state index contributed by atoms with van der Waals surface area (Å²) in [5.74, 6) is 0.847. The third-order valence-electron chi connectivity index (χ3n) is 4.18. The van der Waals surface area contributed by atoms with Gasteiger partial charge in [0.25, 0.3) is 0 Å². The van der Waals surface area contributed by atoms with Crippen LogP contribution in [0.3, 0.4) is 0 Å². The van der Waals surface area contributed by atoms with Gasteiger partial charge in [-0.05, 0) is 45.2 Å². The maximum atomic E-state index is 11.2. The quantitative estimate of drug-likeness (QED) is 0.870. The van der Waals surface area contributed by atoms with Crippen molar-refractivity contribution in [2.75, 3.05) is 19.6 Å². The van der Waals surface area contributed by atoms with Crippen LogP contribution in [0.25, 0.3) is 0 Å². The number of aromatic amines is 1. The summed E-state index contributed by atoms with van der Waals surface area (Å²) in [6.45, 7) is 6.56. The van der Waals surface area contributed by atoms with Crippen LogP contribution in [0.5, 0.6) is 0 Å². The number of nitrogens with zero attached hydrogens (tertiary/aromatic N) is 1. The summed E-state index contributed by atoms with van der Waals surface area (Å²) in [6.07, 6.45) is 3.93. The molecule has 100 valence electrons. The van der Waals surface area contributed by atoms with Crippen LogP contribution in [0.2, 0.25) is 0 Å². The molecular formula is C13H21N3OS. The molecule has 0 radical (unpaired) electrons. The number of thiazole rings is 1. The molecule has 18 heavy (non-hydrogen) atoms. The number of aromatic nitrogens is 1. The van der Waals surface area contributed by atoms with Gasteiger partial charge in [0.1, 0.15) is 0 Å². The number of hydrogen-bond acceptors (Lipinski definition) is 4. The summed E-state index contributed by atoms with van der Waals surface area (Å²) >= 11 is 1.26. The van der Waals surface area contributed by atoms with E-state index in [2.05, 4.69) is 22.1 Å². The van der Waals surface area contributed by atoms with E-state index in [4.69, 9.17) is 0 Å². The lowest BCUT2D eigenvalue weighted by Crippen LogP contribution is -2.50. The van der Waals surface area contributed by atoms with E-state index in [1.165, 1.54) is 30.6 Å². The molecular weight excluding hydrogens is 246 g/mol. The first-order valence-corrected chi connectivity index (χ1v) is 7.68. The minimum absolute atomic E-state index is 0.0582. The van der Waals surface area contributed by atoms with Crippen LogP contribution < -0.4 is 10.2 Å². The molecule has 1 aromatic heterocycles. The highest BCUT2D eigenvalue weighted by Gasteiger charge is 2.42. The van der Waals surface area contributed by atoms with Gasteiger partial charge >= 0.3 is 4.87 Å². The molecule has 2 aliphatic rings. The molecule has 2 fully saturated rings. The monoisotopic (exact) mass is 267 g/mol. The van der Waals surface area contributed by atoms with Gasteiger partial charge in [-0.1, -0.05) is 11.3 Å². The van der Waals surface area contributed by atoms with Crippen molar-refractivity contribution in [3.8, 4) is 0 Å². The maximum Gasteiger partial charge on any atom is 0.304 e. The number of nitrogens with one attached hydrogen (secondary N) is 2. The van der Waals surface area contributed by atoms with Crippen LogP contribution >= 0.6 is 11.3 Å². The second-order valence-electron chi connectivity index (χ2n) is 5.86. The molecule has 1 saturated carbocycles. The molecule has 4 nitrogen and oxygen atoms in total. The fraction of sp³-hybridized carbons (Fsp3) is 0.769. The van der Waals surface area contributed by atoms with Crippen molar-refractivity contribution in [3.63, 3.8) is 0 Å². The van der Waals surface area contributed by atoms with Crippen molar-refractivity contribution in [2.45, 2.75) is 38.3 Å². The van der Waals surface area contributed by atoms with E-state index in [-0.39, 0.29) is 10.4 Å². The molecule has 1 saturated heterocycles. The Labute approximate surface area is 111 Å². The zero-order valence-electron chi connectivity index (χ0n) is 10.9. The second kappa shape index (κ2) is 4.79. The molecule has 2 N–H and O–H groups in total. The zero-order chi connectivity index (χ0) is 12.6. The smallest absolute Gasteiger partial charge is 0.304 e. The molecule has 0 aromatic carbocycles. The van der Waals surface area contributed by atoms with Crippen molar-refractivity contribution in [1.82, 2.24) is 15.2 Å². The number of H-pyrrole nitrogens is 1. The third-order valence-corrected chi connectivity index (χ3v) is 4.89. The molecule has 5 heteroatoms. The predicted octanol–water partition coefficient (Wildman–Crippen LogP) is 1.40. The molecule has 0 amide bonds. The van der Waals surface area contributed by atoms with E-state index >= 15 is 0 Å². The molecule has 1 aromatic rings. The van der Waals surface area contributed by atoms with E-state index in [9.17, 15) is 4.79 Å². The highest BCUT2D eigenvalue weighted by atomic mass is 32.1. The van der Waals surface area contributed by atoms with E-state index < -0.39 is 0 Å². The van der Waals surface area contributed by atoms with E-state index in [1.807, 2.05) is 5.38 Å². The van der Waals surface area contributed by atoms with Gasteiger partial charge in [-0.15, -0.1) is 0 Å². The van der Waals surface area contributed by atoms with Gasteiger partial charge in [-0.25, -0.2) is 0 Å². The van der Waals surface area contributed by atoms with Crippen LogP contribution in [-0.4, -0.2) is 35.1 Å². The van der Waals surface area contributed by atoms with Crippen LogP contribution in [0.4, 0.5) is 0 Å². The molecule has 1 aliphatic heterocycles. The lowest BCUT2D eigenvalue weighted by molar-refractivity contribution is 0.193. The Balaban J connectivity index is 1.69. The predicted molar refractivity (Wildman–Crippen MR) is 74.0 cm³/mol. The fourth-order valence-electron chi connectivity index (χ4n) is 3.04. The Morgan fingerprint density at radius 3 is 3.06 bits per heavy atom. The summed E-state index contributed by atoms with van der Waals surface area (Å²) in [5, 5.41) is 5.68. The Morgan fingerprint density at radius 2 is 2.39 bits per heavy atom. The first kappa shape index (κ1) is 12.4. The summed E-state index contributed by atoms with van der Waals surface area (Å²) < 4.78 is 0. The Kier molecular flexibility index (Phi) is 3.30. The average molecular weight is 267 g/mol. The topological polar surface area (TPSA) is 48.1 Å². The average Bonchev–Trinajstić information content (AvgIpc) is 3.11. The molecule has 1 atom stereocenters. The minimum Gasteiger partial charge on any atom is -0.315 e. The van der Waals surface area contributed by atoms with Gasteiger partial charge < -0.3 is 10.3 Å². The van der Waals surface area contributed by atoms with Crippen LogP contribution in [-0.2, 0) is 6.54 Å². The van der Waals surface area contributed by atoms with Crippen molar-refractivity contribution >= 4 is 11.3 Å². The van der Waals surface area contributed by atoms with Crippen LogP contribution in [0.1, 0.15) is 31.9 Å². The second-order valence-corrected chi connectivity index (χ2v) is 6.70. The zero-order valence-corrected chi connectivity index (χ0v) is 11.7. The van der Waals surface area contributed by atoms with E-state index in [1.54, 1.807) is 0 Å². The Morgan fingerprint density at radius 1 is 1.56 bits per heavy atom. The van der Waals surface area contributed by atoms with Crippen molar-refractivity contribution in [3.05, 3.63) is 20.7 Å². The SMILES string of the molecule is CC1(C2CC2)CN(Cc2csc(=O)[nH]2)CCCN1. The largest absolute Gasteiger partial charge is 0.315 e. The molecule has 3 rings (SSSR count). The molecule has 0 bridgehead atoms. The van der Waals surface area contributed by atoms with E-state index in [0.29, 0.717) is 0 Å². The first-order valence-electron chi connectivity index (χ1n) is 6.80. The molecule has 0 spiro atoms. The molecule has 1 unspecified atom stereocenters. The maximum absolute atomic E-state index is 11.2. The molecule has 1 aliphatic carbocycles. The van der Waals surface area contributed by atoms with Crippen LogP contribution in [0, 0.1) is 5.92 Å². The van der Waals surface area contributed by atoms with Gasteiger partial charge in [0.05, 0.1) is 0 Å². The number of rotatable bonds is 3. The van der Waals surface area contributed by atoms with Gasteiger partial charge in [-0.2, -0.15) is 0 Å². The van der Waals surface area contributed by atoms with Crippen LogP contribution in [0.15, 0.2) is 10.2 Å². The highest BCUT2D eigenvalue weighted by Crippen LogP contribution is 2.40. The van der Waals surface area contributed by atoms with Gasteiger partial charge in [0.15, 0.2) is 0 Å². The van der Waals surface area contributed by atoms with Crippen molar-refractivity contribution < 1.29 is 0 Å². The third kappa shape index (κ3) is 2.68. The van der Waals surface area contributed by atoms with Gasteiger partial charge in [0, 0.05) is 29.7 Å². The van der Waals surface area contributed by atoms with Gasteiger partial charge in [0.2, 0.25) is 0 Å². The normalized spacial score (nSPS) is 30.3. The lowest BCUT2D eigenvalue weighted by atomic mass is 9.95. The van der Waals surface area contributed by atoms with Crippen molar-refractivity contribution in [1.29, 1.82) is 0 Å². The standard InChI is InChI=1S/C13H21N3OS/c1-13(10-3-4-10)9-16(6-2-5-14-13)7-11-8-18-12(17)15-11/h8,10,14H,2-7,9H2,1H3,(H,15,17).